The van der Waals surface area contributed by atoms with Crippen molar-refractivity contribution in [2.75, 3.05) is 17.1 Å². The maximum absolute atomic E-state index is 13.7. The van der Waals surface area contributed by atoms with Crippen LogP contribution in [0.25, 0.3) is 0 Å². The molecule has 1 fully saturated rings. The van der Waals surface area contributed by atoms with Crippen LogP contribution in [0.5, 0.6) is 0 Å². The van der Waals surface area contributed by atoms with Gasteiger partial charge in [0.1, 0.15) is 11.9 Å². The smallest absolute Gasteiger partial charge is 0.242 e. The number of nitrogens with one attached hydrogen (secondary N) is 1. The second kappa shape index (κ2) is 12.4. The van der Waals surface area contributed by atoms with Gasteiger partial charge in [0, 0.05) is 31.6 Å². The highest BCUT2D eigenvalue weighted by Crippen LogP contribution is 2.22. The number of hydrogen-bond donors (Lipinski definition) is 1. The van der Waals surface area contributed by atoms with Crippen LogP contribution in [0.1, 0.15) is 51.0 Å². The summed E-state index contributed by atoms with van der Waals surface area (Å²) in [5.74, 6) is -3.39. The molecule has 1 aliphatic rings. The molecule has 3 rings (SSSR count). The van der Waals surface area contributed by atoms with E-state index in [1.54, 1.807) is 6.92 Å². The standard InChI is InChI=1S/C26H32F3N3O4S/c1-18(26(34)30-21-6-3-4-7-21)31(17-19-9-11-20(27)12-10-19)25(33)8-5-15-32(37(2,35)36)22-13-14-23(28)24(29)16-22/h9-14,16,18,21H,3-8,15,17H2,1-2H3,(H,30,34). The Balaban J connectivity index is 1.72. The van der Waals surface area contributed by atoms with Gasteiger partial charge in [-0.1, -0.05) is 25.0 Å². The lowest BCUT2D eigenvalue weighted by Crippen LogP contribution is -2.49. The molecular formula is C26H32F3N3O4S. The molecule has 0 heterocycles. The topological polar surface area (TPSA) is 86.8 Å². The number of halogens is 3. The summed E-state index contributed by atoms with van der Waals surface area (Å²) in [6.45, 7) is 1.54. The van der Waals surface area contributed by atoms with Crippen LogP contribution in [0, 0.1) is 17.5 Å². The minimum atomic E-state index is -3.84. The van der Waals surface area contributed by atoms with Gasteiger partial charge in [-0.2, -0.15) is 0 Å². The highest BCUT2D eigenvalue weighted by atomic mass is 32.2. The van der Waals surface area contributed by atoms with Gasteiger partial charge in [0.2, 0.25) is 21.8 Å². The Morgan fingerprint density at radius 1 is 1.03 bits per heavy atom. The first-order valence-electron chi connectivity index (χ1n) is 12.2. The molecule has 2 aromatic rings. The van der Waals surface area contributed by atoms with E-state index in [0.29, 0.717) is 5.56 Å². The molecule has 1 unspecified atom stereocenters. The lowest BCUT2D eigenvalue weighted by Gasteiger charge is -2.30. The molecule has 7 nitrogen and oxygen atoms in total. The number of carbonyl (C=O) groups is 2. The summed E-state index contributed by atoms with van der Waals surface area (Å²) in [5.41, 5.74) is 0.580. The predicted octanol–water partition coefficient (Wildman–Crippen LogP) is 4.13. The molecule has 2 aromatic carbocycles. The Kier molecular flexibility index (Phi) is 9.58. The van der Waals surface area contributed by atoms with Crippen molar-refractivity contribution in [1.29, 1.82) is 0 Å². The van der Waals surface area contributed by atoms with Crippen LogP contribution in [-0.2, 0) is 26.2 Å². The van der Waals surface area contributed by atoms with Crippen LogP contribution in [0.15, 0.2) is 42.5 Å². The first-order valence-corrected chi connectivity index (χ1v) is 14.1. The fourth-order valence-corrected chi connectivity index (χ4v) is 5.36. The molecular weight excluding hydrogens is 507 g/mol. The number of carbonyl (C=O) groups excluding carboxylic acids is 2. The summed E-state index contributed by atoms with van der Waals surface area (Å²) in [5, 5.41) is 2.99. The van der Waals surface area contributed by atoms with E-state index in [9.17, 15) is 31.2 Å². The first-order chi connectivity index (χ1) is 17.5. The zero-order chi connectivity index (χ0) is 27.2. The second-order valence-corrected chi connectivity index (χ2v) is 11.3. The number of rotatable bonds is 11. The van der Waals surface area contributed by atoms with Crippen molar-refractivity contribution in [3.05, 3.63) is 65.5 Å². The third-order valence-electron chi connectivity index (χ3n) is 6.48. The molecule has 202 valence electrons. The van der Waals surface area contributed by atoms with Gasteiger partial charge in [0.05, 0.1) is 11.9 Å². The third kappa shape index (κ3) is 7.95. The van der Waals surface area contributed by atoms with Gasteiger partial charge >= 0.3 is 0 Å². The summed E-state index contributed by atoms with van der Waals surface area (Å²) in [6, 6.07) is 7.64. The van der Waals surface area contributed by atoms with Gasteiger partial charge in [0.25, 0.3) is 0 Å². The summed E-state index contributed by atoms with van der Waals surface area (Å²) in [7, 11) is -3.84. The molecule has 0 aromatic heterocycles. The quantitative estimate of drug-likeness (QED) is 0.465. The minimum absolute atomic E-state index is 0.0543. The van der Waals surface area contributed by atoms with E-state index in [1.807, 2.05) is 0 Å². The zero-order valence-corrected chi connectivity index (χ0v) is 21.7. The van der Waals surface area contributed by atoms with E-state index in [-0.39, 0.29) is 43.6 Å². The van der Waals surface area contributed by atoms with Crippen molar-refractivity contribution in [1.82, 2.24) is 10.2 Å². The highest BCUT2D eigenvalue weighted by molar-refractivity contribution is 7.92. The van der Waals surface area contributed by atoms with Crippen LogP contribution < -0.4 is 9.62 Å². The van der Waals surface area contributed by atoms with Crippen molar-refractivity contribution in [2.24, 2.45) is 0 Å². The average molecular weight is 540 g/mol. The average Bonchev–Trinajstić information content (AvgIpc) is 3.35. The number of amides is 2. The Hall–Kier alpha value is -3.08. The monoisotopic (exact) mass is 539 g/mol. The van der Waals surface area contributed by atoms with E-state index < -0.39 is 39.4 Å². The minimum Gasteiger partial charge on any atom is -0.352 e. The molecule has 37 heavy (non-hydrogen) atoms. The zero-order valence-electron chi connectivity index (χ0n) is 20.9. The third-order valence-corrected chi connectivity index (χ3v) is 7.67. The van der Waals surface area contributed by atoms with Crippen LogP contribution in [0.3, 0.4) is 0 Å². The molecule has 1 N–H and O–H groups in total. The molecule has 1 aliphatic carbocycles. The van der Waals surface area contributed by atoms with Crippen LogP contribution in [0.2, 0.25) is 0 Å². The molecule has 1 saturated carbocycles. The van der Waals surface area contributed by atoms with E-state index in [0.717, 1.165) is 54.4 Å². The van der Waals surface area contributed by atoms with Crippen LogP contribution >= 0.6 is 0 Å². The number of anilines is 1. The molecule has 0 spiro atoms. The molecule has 1 atom stereocenters. The van der Waals surface area contributed by atoms with E-state index in [4.69, 9.17) is 0 Å². The normalized spacial score (nSPS) is 14.8. The summed E-state index contributed by atoms with van der Waals surface area (Å²) < 4.78 is 65.9. The lowest BCUT2D eigenvalue weighted by atomic mass is 10.1. The van der Waals surface area contributed by atoms with Crippen LogP contribution in [-0.4, -0.2) is 50.0 Å². The largest absolute Gasteiger partial charge is 0.352 e. The SMILES string of the molecule is CC(C(=O)NC1CCCC1)N(Cc1ccc(F)cc1)C(=O)CCCN(c1ccc(F)c(F)c1)S(C)(=O)=O. The molecule has 11 heteroatoms. The Labute approximate surface area is 215 Å². The maximum Gasteiger partial charge on any atom is 0.242 e. The van der Waals surface area contributed by atoms with Gasteiger partial charge in [-0.3, -0.25) is 13.9 Å². The number of nitrogens with zero attached hydrogens (tertiary/aromatic N) is 2. The number of benzene rings is 2. The molecule has 2 amide bonds. The van der Waals surface area contributed by atoms with E-state index in [1.165, 1.54) is 29.2 Å². The van der Waals surface area contributed by atoms with Gasteiger partial charge < -0.3 is 10.2 Å². The van der Waals surface area contributed by atoms with Crippen molar-refractivity contribution >= 4 is 27.5 Å². The molecule has 0 aliphatic heterocycles. The Bertz CT molecular complexity index is 1200. The van der Waals surface area contributed by atoms with Gasteiger partial charge in [0.15, 0.2) is 11.6 Å². The fraction of sp³-hybridized carbons (Fsp3) is 0.462. The van der Waals surface area contributed by atoms with Crippen LogP contribution in [0.4, 0.5) is 18.9 Å². The lowest BCUT2D eigenvalue weighted by molar-refractivity contribution is -0.141. The van der Waals surface area contributed by atoms with Crippen molar-refractivity contribution < 1.29 is 31.2 Å². The maximum atomic E-state index is 13.7. The van der Waals surface area contributed by atoms with E-state index >= 15 is 0 Å². The highest BCUT2D eigenvalue weighted by Gasteiger charge is 2.29. The van der Waals surface area contributed by atoms with Crippen molar-refractivity contribution in [2.45, 2.75) is 64.1 Å². The van der Waals surface area contributed by atoms with Gasteiger partial charge in [-0.05, 0) is 56.0 Å². The molecule has 0 radical (unpaired) electrons. The summed E-state index contributed by atoms with van der Waals surface area (Å²) in [6.07, 6.45) is 4.75. The first kappa shape index (κ1) is 28.5. The number of hydrogen-bond acceptors (Lipinski definition) is 4. The second-order valence-electron chi connectivity index (χ2n) is 9.35. The van der Waals surface area contributed by atoms with Gasteiger partial charge in [-0.15, -0.1) is 0 Å². The number of sulfonamides is 1. The Morgan fingerprint density at radius 2 is 1.68 bits per heavy atom. The van der Waals surface area contributed by atoms with Crippen molar-refractivity contribution in [3.8, 4) is 0 Å². The summed E-state index contributed by atoms with van der Waals surface area (Å²) in [4.78, 5) is 27.6. The fourth-order valence-electron chi connectivity index (χ4n) is 4.41. The predicted molar refractivity (Wildman–Crippen MR) is 135 cm³/mol. The van der Waals surface area contributed by atoms with Gasteiger partial charge in [-0.25, -0.2) is 21.6 Å². The molecule has 0 bridgehead atoms. The molecule has 0 saturated heterocycles. The van der Waals surface area contributed by atoms with E-state index in [2.05, 4.69) is 5.32 Å². The Morgan fingerprint density at radius 3 is 2.27 bits per heavy atom. The summed E-state index contributed by atoms with van der Waals surface area (Å²) >= 11 is 0. The van der Waals surface area contributed by atoms with Crippen molar-refractivity contribution in [3.63, 3.8) is 0 Å².